The number of hydrogen-bond acceptors (Lipinski definition) is 4. The molecule has 5 heteroatoms. The Morgan fingerprint density at radius 1 is 1.33 bits per heavy atom. The van der Waals surface area contributed by atoms with E-state index in [0.717, 1.165) is 21.6 Å². The lowest BCUT2D eigenvalue weighted by Gasteiger charge is -2.08. The van der Waals surface area contributed by atoms with Crippen LogP contribution < -0.4 is 0 Å². The molecule has 1 aromatic heterocycles. The lowest BCUT2D eigenvalue weighted by molar-refractivity contribution is 0.0595. The van der Waals surface area contributed by atoms with Gasteiger partial charge in [-0.15, -0.1) is 11.3 Å². The summed E-state index contributed by atoms with van der Waals surface area (Å²) in [6, 6.07) is 6.05. The van der Waals surface area contributed by atoms with Crippen molar-refractivity contribution in [3.05, 3.63) is 38.9 Å². The van der Waals surface area contributed by atoms with Crippen molar-refractivity contribution in [3.8, 4) is 10.4 Å². The van der Waals surface area contributed by atoms with E-state index in [-0.39, 0.29) is 0 Å². The molecule has 0 aliphatic heterocycles. The van der Waals surface area contributed by atoms with Crippen molar-refractivity contribution < 1.29 is 9.53 Å². The first-order chi connectivity index (χ1) is 8.54. The fourth-order valence-corrected chi connectivity index (χ4v) is 3.49. The van der Waals surface area contributed by atoms with Gasteiger partial charge in [0.25, 0.3) is 0 Å². The zero-order chi connectivity index (χ0) is 13.3. The second-order valence-corrected chi connectivity index (χ2v) is 6.18. The number of thiazole rings is 1. The first-order valence-corrected chi connectivity index (χ1v) is 6.96. The number of carbonyl (C=O) groups is 1. The van der Waals surface area contributed by atoms with E-state index >= 15 is 0 Å². The van der Waals surface area contributed by atoms with Gasteiger partial charge in [-0.05, 0) is 40.9 Å². The molecule has 0 N–H and O–H groups in total. The number of halogens is 1. The first-order valence-electron chi connectivity index (χ1n) is 5.35. The molecule has 0 fully saturated rings. The van der Waals surface area contributed by atoms with Crippen molar-refractivity contribution in [1.82, 2.24) is 4.98 Å². The molecule has 1 heterocycles. The maximum Gasteiger partial charge on any atom is 0.358 e. The van der Waals surface area contributed by atoms with Crippen LogP contribution in [0.15, 0.2) is 22.1 Å². The highest BCUT2D eigenvalue weighted by Gasteiger charge is 2.21. The van der Waals surface area contributed by atoms with Gasteiger partial charge in [0.2, 0.25) is 0 Å². The van der Waals surface area contributed by atoms with Crippen LogP contribution in [0.1, 0.15) is 21.6 Å². The molecular formula is C13H12BrNO2S. The standard InChI is InChI=1S/C13H12BrNO2S/c1-7-5-4-6-8(2)9(7)11-10(12(16)17-3)15-13(14)18-11/h4-6H,1-3H3. The molecule has 0 aliphatic rings. The van der Waals surface area contributed by atoms with E-state index < -0.39 is 5.97 Å². The highest BCUT2D eigenvalue weighted by Crippen LogP contribution is 2.37. The topological polar surface area (TPSA) is 39.2 Å². The Kier molecular flexibility index (Phi) is 3.82. The molecule has 0 amide bonds. The maximum absolute atomic E-state index is 11.7. The SMILES string of the molecule is COC(=O)c1nc(Br)sc1-c1c(C)cccc1C. The van der Waals surface area contributed by atoms with Crippen molar-refractivity contribution in [1.29, 1.82) is 0 Å². The minimum Gasteiger partial charge on any atom is -0.464 e. The Bertz CT molecular complexity index is 587. The molecule has 0 aliphatic carbocycles. The number of ether oxygens (including phenoxy) is 1. The molecule has 0 radical (unpaired) electrons. The molecule has 0 saturated heterocycles. The maximum atomic E-state index is 11.7. The summed E-state index contributed by atoms with van der Waals surface area (Å²) >= 11 is 4.77. The molecule has 0 atom stereocenters. The van der Waals surface area contributed by atoms with E-state index in [1.54, 1.807) is 0 Å². The van der Waals surface area contributed by atoms with E-state index in [9.17, 15) is 4.79 Å². The Balaban J connectivity index is 2.68. The van der Waals surface area contributed by atoms with Crippen LogP contribution in [-0.2, 0) is 4.74 Å². The summed E-state index contributed by atoms with van der Waals surface area (Å²) in [4.78, 5) is 16.8. The summed E-state index contributed by atoms with van der Waals surface area (Å²) in [6.45, 7) is 4.05. The highest BCUT2D eigenvalue weighted by molar-refractivity contribution is 9.11. The molecule has 18 heavy (non-hydrogen) atoms. The minimum absolute atomic E-state index is 0.367. The number of aromatic nitrogens is 1. The number of nitrogens with zero attached hydrogens (tertiary/aromatic N) is 1. The molecule has 0 saturated carbocycles. The molecule has 0 spiro atoms. The van der Waals surface area contributed by atoms with Crippen LogP contribution in [-0.4, -0.2) is 18.1 Å². The van der Waals surface area contributed by atoms with E-state index in [0.29, 0.717) is 9.61 Å². The zero-order valence-corrected chi connectivity index (χ0v) is 12.7. The average Bonchev–Trinajstić information content (AvgIpc) is 2.70. The summed E-state index contributed by atoms with van der Waals surface area (Å²) in [5, 5.41) is 0. The van der Waals surface area contributed by atoms with Gasteiger partial charge in [0.15, 0.2) is 9.61 Å². The smallest absolute Gasteiger partial charge is 0.358 e. The number of rotatable bonds is 2. The van der Waals surface area contributed by atoms with Gasteiger partial charge in [0.1, 0.15) is 0 Å². The van der Waals surface area contributed by atoms with Crippen molar-refractivity contribution >= 4 is 33.2 Å². The zero-order valence-electron chi connectivity index (χ0n) is 10.3. The largest absolute Gasteiger partial charge is 0.464 e. The van der Waals surface area contributed by atoms with Gasteiger partial charge in [0, 0.05) is 5.56 Å². The van der Waals surface area contributed by atoms with Crippen LogP contribution in [0.3, 0.4) is 0 Å². The fraction of sp³-hybridized carbons (Fsp3) is 0.231. The average molecular weight is 326 g/mol. The van der Waals surface area contributed by atoms with Crippen LogP contribution in [0.2, 0.25) is 0 Å². The van der Waals surface area contributed by atoms with Crippen LogP contribution in [0, 0.1) is 13.8 Å². The quantitative estimate of drug-likeness (QED) is 0.784. The lowest BCUT2D eigenvalue weighted by atomic mass is 10.0. The number of esters is 1. The predicted molar refractivity (Wildman–Crippen MR) is 76.1 cm³/mol. The normalized spacial score (nSPS) is 10.4. The van der Waals surface area contributed by atoms with Crippen molar-refractivity contribution in [2.75, 3.05) is 7.11 Å². The van der Waals surface area contributed by atoms with Crippen LogP contribution in [0.4, 0.5) is 0 Å². The molecule has 0 bridgehead atoms. The number of carbonyl (C=O) groups excluding carboxylic acids is 1. The van der Waals surface area contributed by atoms with E-state index in [4.69, 9.17) is 4.74 Å². The van der Waals surface area contributed by atoms with Gasteiger partial charge >= 0.3 is 5.97 Å². The lowest BCUT2D eigenvalue weighted by Crippen LogP contribution is -2.04. The van der Waals surface area contributed by atoms with Gasteiger partial charge < -0.3 is 4.74 Å². The van der Waals surface area contributed by atoms with E-state index in [1.807, 2.05) is 32.0 Å². The second-order valence-electron chi connectivity index (χ2n) is 3.90. The van der Waals surface area contributed by atoms with E-state index in [2.05, 4.69) is 20.9 Å². The van der Waals surface area contributed by atoms with Crippen LogP contribution in [0.5, 0.6) is 0 Å². The summed E-state index contributed by atoms with van der Waals surface area (Å²) < 4.78 is 5.46. The molecule has 94 valence electrons. The molecule has 2 rings (SSSR count). The van der Waals surface area contributed by atoms with Gasteiger partial charge in [-0.1, -0.05) is 18.2 Å². The molecule has 0 unspecified atom stereocenters. The third kappa shape index (κ3) is 2.33. The number of hydrogen-bond donors (Lipinski definition) is 0. The Morgan fingerprint density at radius 2 is 1.94 bits per heavy atom. The Morgan fingerprint density at radius 3 is 2.50 bits per heavy atom. The summed E-state index contributed by atoms with van der Waals surface area (Å²) in [5.74, 6) is -0.408. The van der Waals surface area contributed by atoms with Gasteiger partial charge in [-0.25, -0.2) is 9.78 Å². The predicted octanol–water partition coefficient (Wildman–Crippen LogP) is 3.98. The van der Waals surface area contributed by atoms with Gasteiger partial charge in [0.05, 0.1) is 12.0 Å². The summed E-state index contributed by atoms with van der Waals surface area (Å²) in [6.07, 6.45) is 0. The first kappa shape index (κ1) is 13.2. The van der Waals surface area contributed by atoms with Gasteiger partial charge in [-0.2, -0.15) is 0 Å². The number of aryl methyl sites for hydroxylation is 2. The molecular weight excluding hydrogens is 314 g/mol. The van der Waals surface area contributed by atoms with Crippen molar-refractivity contribution in [2.24, 2.45) is 0 Å². The highest BCUT2D eigenvalue weighted by atomic mass is 79.9. The third-order valence-corrected chi connectivity index (χ3v) is 4.21. The fourth-order valence-electron chi connectivity index (χ4n) is 1.87. The molecule has 1 aromatic carbocycles. The van der Waals surface area contributed by atoms with Crippen LogP contribution >= 0.6 is 27.3 Å². The molecule has 3 nitrogen and oxygen atoms in total. The number of methoxy groups -OCH3 is 1. The van der Waals surface area contributed by atoms with Gasteiger partial charge in [-0.3, -0.25) is 0 Å². The third-order valence-electron chi connectivity index (χ3n) is 2.69. The monoisotopic (exact) mass is 325 g/mol. The summed E-state index contributed by atoms with van der Waals surface area (Å²) in [7, 11) is 1.37. The Hall–Kier alpha value is -1.20. The minimum atomic E-state index is -0.408. The second kappa shape index (κ2) is 5.20. The number of benzene rings is 1. The molecule has 2 aromatic rings. The van der Waals surface area contributed by atoms with Crippen molar-refractivity contribution in [3.63, 3.8) is 0 Å². The van der Waals surface area contributed by atoms with Crippen molar-refractivity contribution in [2.45, 2.75) is 13.8 Å². The Labute approximate surface area is 118 Å². The summed E-state index contributed by atoms with van der Waals surface area (Å²) in [5.41, 5.74) is 3.67. The van der Waals surface area contributed by atoms with E-state index in [1.165, 1.54) is 18.4 Å². The van der Waals surface area contributed by atoms with Crippen LogP contribution in [0.25, 0.3) is 10.4 Å².